The van der Waals surface area contributed by atoms with Crippen molar-refractivity contribution in [1.29, 1.82) is 0 Å². The summed E-state index contributed by atoms with van der Waals surface area (Å²) in [6.07, 6.45) is 2.56. The summed E-state index contributed by atoms with van der Waals surface area (Å²) in [5, 5.41) is 13.1. The van der Waals surface area contributed by atoms with Gasteiger partial charge in [0, 0.05) is 0 Å². The molecular formula is C23H21Cl2NO2. The molecule has 1 aliphatic heterocycles. The van der Waals surface area contributed by atoms with E-state index in [-0.39, 0.29) is 6.04 Å². The van der Waals surface area contributed by atoms with Crippen LogP contribution in [0.2, 0.25) is 10.0 Å². The van der Waals surface area contributed by atoms with Gasteiger partial charge < -0.3 is 5.11 Å². The number of aliphatic carboxylic acids is 1. The molecule has 0 radical (unpaired) electrons. The summed E-state index contributed by atoms with van der Waals surface area (Å²) in [6, 6.07) is 19.4. The smallest absolute Gasteiger partial charge is 0.320 e. The van der Waals surface area contributed by atoms with Gasteiger partial charge in [0.25, 0.3) is 0 Å². The zero-order valence-corrected chi connectivity index (χ0v) is 16.8. The molecular weight excluding hydrogens is 393 g/mol. The van der Waals surface area contributed by atoms with Crippen molar-refractivity contribution in [3.8, 4) is 0 Å². The van der Waals surface area contributed by atoms with E-state index in [9.17, 15) is 9.90 Å². The number of rotatable bonds is 4. The normalized spacial score (nSPS) is 18.9. The molecule has 1 saturated heterocycles. The van der Waals surface area contributed by atoms with Crippen LogP contribution >= 0.6 is 23.2 Å². The average molecular weight is 414 g/mol. The molecule has 0 bridgehead atoms. The van der Waals surface area contributed by atoms with Gasteiger partial charge >= 0.3 is 5.97 Å². The second kappa shape index (κ2) is 8.12. The second-order valence-electron chi connectivity index (χ2n) is 7.27. The number of halogens is 2. The Morgan fingerprint density at radius 2 is 1.64 bits per heavy atom. The van der Waals surface area contributed by atoms with Crippen molar-refractivity contribution in [2.45, 2.75) is 31.3 Å². The maximum atomic E-state index is 12.0. The minimum absolute atomic E-state index is 0.194. The molecule has 3 aromatic rings. The lowest BCUT2D eigenvalue weighted by molar-refractivity contribution is -0.145. The van der Waals surface area contributed by atoms with E-state index < -0.39 is 12.0 Å². The fourth-order valence-corrected chi connectivity index (χ4v) is 4.47. The monoisotopic (exact) mass is 413 g/mol. The van der Waals surface area contributed by atoms with Crippen LogP contribution in [0.5, 0.6) is 0 Å². The molecule has 3 nitrogen and oxygen atoms in total. The Hall–Kier alpha value is -2.07. The summed E-state index contributed by atoms with van der Waals surface area (Å²) in [7, 11) is 0. The molecule has 1 N–H and O–H groups in total. The Kier molecular flexibility index (Phi) is 5.58. The van der Waals surface area contributed by atoms with Gasteiger partial charge in [-0.2, -0.15) is 0 Å². The highest BCUT2D eigenvalue weighted by atomic mass is 35.5. The molecule has 5 heteroatoms. The average Bonchev–Trinajstić information content (AvgIpc) is 2.71. The zero-order chi connectivity index (χ0) is 19.7. The number of hydrogen-bond donors (Lipinski definition) is 1. The maximum absolute atomic E-state index is 12.0. The van der Waals surface area contributed by atoms with Crippen molar-refractivity contribution < 1.29 is 9.90 Å². The summed E-state index contributed by atoms with van der Waals surface area (Å²) in [6.45, 7) is 0.731. The number of hydrogen-bond acceptors (Lipinski definition) is 2. The standard InChI is InChI=1S/C23H21Cl2NO2/c24-19-11-10-18(14-20(19)25)22(26-12-4-3-7-21(26)23(27)28)17-9-8-15-5-1-2-6-16(15)13-17/h1-2,5-6,8-11,13-14,21-22H,3-4,7,12H2,(H,27,28). The minimum atomic E-state index is -0.773. The third-order valence-corrected chi connectivity index (χ3v) is 6.25. The maximum Gasteiger partial charge on any atom is 0.320 e. The lowest BCUT2D eigenvalue weighted by Gasteiger charge is -2.39. The predicted molar refractivity (Wildman–Crippen MR) is 114 cm³/mol. The van der Waals surface area contributed by atoms with Gasteiger partial charge in [-0.05, 0) is 59.5 Å². The van der Waals surface area contributed by atoms with Crippen LogP contribution in [-0.4, -0.2) is 28.6 Å². The van der Waals surface area contributed by atoms with E-state index in [2.05, 4.69) is 35.2 Å². The molecule has 1 heterocycles. The lowest BCUT2D eigenvalue weighted by Crippen LogP contribution is -2.46. The van der Waals surface area contributed by atoms with Crippen molar-refractivity contribution in [3.63, 3.8) is 0 Å². The van der Waals surface area contributed by atoms with E-state index in [1.807, 2.05) is 24.3 Å². The number of benzene rings is 3. The van der Waals surface area contributed by atoms with Gasteiger partial charge in [0.2, 0.25) is 0 Å². The molecule has 1 aliphatic rings. The van der Waals surface area contributed by atoms with Gasteiger partial charge in [-0.3, -0.25) is 9.69 Å². The molecule has 0 spiro atoms. The Labute approximate surface area is 174 Å². The molecule has 1 fully saturated rings. The number of carboxylic acid groups (broad SMARTS) is 1. The van der Waals surface area contributed by atoms with Crippen molar-refractivity contribution in [2.75, 3.05) is 6.54 Å². The van der Waals surface area contributed by atoms with Crippen LogP contribution in [0.3, 0.4) is 0 Å². The number of carbonyl (C=O) groups is 1. The largest absolute Gasteiger partial charge is 0.480 e. The van der Waals surface area contributed by atoms with E-state index >= 15 is 0 Å². The molecule has 4 rings (SSSR count). The highest BCUT2D eigenvalue weighted by Gasteiger charge is 2.35. The van der Waals surface area contributed by atoms with Crippen LogP contribution in [0.15, 0.2) is 60.7 Å². The van der Waals surface area contributed by atoms with E-state index in [1.54, 1.807) is 6.07 Å². The fraction of sp³-hybridized carbons (Fsp3) is 0.261. The van der Waals surface area contributed by atoms with Crippen molar-refractivity contribution >= 4 is 39.9 Å². The molecule has 0 saturated carbocycles. The molecule has 28 heavy (non-hydrogen) atoms. The Bertz CT molecular complexity index is 1020. The van der Waals surface area contributed by atoms with E-state index in [4.69, 9.17) is 23.2 Å². The second-order valence-corrected chi connectivity index (χ2v) is 8.08. The Morgan fingerprint density at radius 3 is 2.39 bits per heavy atom. The van der Waals surface area contributed by atoms with Crippen LogP contribution < -0.4 is 0 Å². The predicted octanol–water partition coefficient (Wildman–Crippen LogP) is 6.18. The number of nitrogens with zero attached hydrogens (tertiary/aromatic N) is 1. The zero-order valence-electron chi connectivity index (χ0n) is 15.3. The van der Waals surface area contributed by atoms with Crippen LogP contribution in [-0.2, 0) is 4.79 Å². The van der Waals surface area contributed by atoms with Gasteiger partial charge in [-0.25, -0.2) is 0 Å². The van der Waals surface area contributed by atoms with Crippen LogP contribution in [0.1, 0.15) is 36.4 Å². The first kappa shape index (κ1) is 19.3. The van der Waals surface area contributed by atoms with Crippen molar-refractivity contribution in [2.24, 2.45) is 0 Å². The van der Waals surface area contributed by atoms with Crippen LogP contribution in [0.4, 0.5) is 0 Å². The quantitative estimate of drug-likeness (QED) is 0.555. The summed E-state index contributed by atoms with van der Waals surface area (Å²) < 4.78 is 0. The van der Waals surface area contributed by atoms with E-state index in [0.717, 1.165) is 41.3 Å². The first-order valence-electron chi connectivity index (χ1n) is 9.47. The first-order valence-corrected chi connectivity index (χ1v) is 10.2. The third kappa shape index (κ3) is 3.75. The SMILES string of the molecule is O=C(O)C1CCCCN1C(c1ccc(Cl)c(Cl)c1)c1ccc2ccccc2c1. The molecule has 3 aromatic carbocycles. The number of fused-ring (bicyclic) bond motifs is 1. The molecule has 0 amide bonds. The first-order chi connectivity index (χ1) is 13.5. The molecule has 144 valence electrons. The summed E-state index contributed by atoms with van der Waals surface area (Å²) in [4.78, 5) is 14.1. The summed E-state index contributed by atoms with van der Waals surface area (Å²) in [5.41, 5.74) is 2.02. The van der Waals surface area contributed by atoms with Crippen LogP contribution in [0.25, 0.3) is 10.8 Å². The molecule has 2 unspecified atom stereocenters. The highest BCUT2D eigenvalue weighted by molar-refractivity contribution is 6.42. The molecule has 0 aliphatic carbocycles. The minimum Gasteiger partial charge on any atom is -0.480 e. The van der Waals surface area contributed by atoms with Crippen molar-refractivity contribution in [3.05, 3.63) is 81.8 Å². The Balaban J connectivity index is 1.86. The topological polar surface area (TPSA) is 40.5 Å². The number of carboxylic acids is 1. The highest BCUT2D eigenvalue weighted by Crippen LogP contribution is 2.37. The number of piperidine rings is 1. The van der Waals surface area contributed by atoms with Gasteiger partial charge in [-0.1, -0.05) is 72.1 Å². The summed E-state index contributed by atoms with van der Waals surface area (Å²) in [5.74, 6) is -0.773. The van der Waals surface area contributed by atoms with Gasteiger partial charge in [0.15, 0.2) is 0 Å². The molecule has 0 aromatic heterocycles. The van der Waals surface area contributed by atoms with Gasteiger partial charge in [-0.15, -0.1) is 0 Å². The van der Waals surface area contributed by atoms with Gasteiger partial charge in [0.1, 0.15) is 6.04 Å². The summed E-state index contributed by atoms with van der Waals surface area (Å²) >= 11 is 12.4. The van der Waals surface area contributed by atoms with E-state index in [0.29, 0.717) is 16.5 Å². The van der Waals surface area contributed by atoms with Crippen molar-refractivity contribution in [1.82, 2.24) is 4.90 Å². The Morgan fingerprint density at radius 1 is 0.929 bits per heavy atom. The lowest BCUT2D eigenvalue weighted by atomic mass is 9.90. The van der Waals surface area contributed by atoms with Gasteiger partial charge in [0.05, 0.1) is 16.1 Å². The fourth-order valence-electron chi connectivity index (χ4n) is 4.16. The molecule has 2 atom stereocenters. The van der Waals surface area contributed by atoms with E-state index in [1.165, 1.54) is 0 Å². The third-order valence-electron chi connectivity index (χ3n) is 5.51. The number of likely N-dealkylation sites (tertiary alicyclic amines) is 1. The van der Waals surface area contributed by atoms with Crippen LogP contribution in [0, 0.1) is 0 Å².